The standard InChI is InChI=1S/C9H5Cl2.Sc/c10-8-5-6-3-1-2-4-7(6)9(8)11;/h1-5H;/q-1;. The molecular weight excluding hydrogens is 224 g/mol. The van der Waals surface area contributed by atoms with Gasteiger partial charge in [-0.25, -0.2) is 0 Å². The molecule has 0 aliphatic heterocycles. The van der Waals surface area contributed by atoms with Crippen molar-refractivity contribution in [1.29, 1.82) is 0 Å². The largest absolute Gasteiger partial charge is 0.154 e. The van der Waals surface area contributed by atoms with Gasteiger partial charge >= 0.3 is 0 Å². The van der Waals surface area contributed by atoms with E-state index in [0.717, 1.165) is 10.8 Å². The monoisotopic (exact) mass is 228 g/mol. The summed E-state index contributed by atoms with van der Waals surface area (Å²) in [4.78, 5) is 0. The summed E-state index contributed by atoms with van der Waals surface area (Å²) in [7, 11) is 0. The first-order valence-corrected chi connectivity index (χ1v) is 4.04. The van der Waals surface area contributed by atoms with Gasteiger partial charge in [-0.3, -0.25) is 0 Å². The third-order valence-electron chi connectivity index (χ3n) is 1.69. The zero-order valence-electron chi connectivity index (χ0n) is 6.22. The summed E-state index contributed by atoms with van der Waals surface area (Å²) in [6.45, 7) is 0. The van der Waals surface area contributed by atoms with Crippen molar-refractivity contribution in [1.82, 2.24) is 0 Å². The summed E-state index contributed by atoms with van der Waals surface area (Å²) in [5.41, 5.74) is 0. The molecule has 0 spiro atoms. The molecule has 59 valence electrons. The maximum Gasteiger partial charge on any atom is 0 e. The van der Waals surface area contributed by atoms with Crippen LogP contribution in [0.1, 0.15) is 0 Å². The Bertz CT molecular complexity index is 392. The van der Waals surface area contributed by atoms with Crippen LogP contribution < -0.4 is 0 Å². The first kappa shape index (κ1) is 10.4. The van der Waals surface area contributed by atoms with Gasteiger partial charge in [0.15, 0.2) is 0 Å². The minimum Gasteiger partial charge on any atom is -0.154 e. The van der Waals surface area contributed by atoms with E-state index in [0.29, 0.717) is 10.0 Å². The SMILES string of the molecule is Clc1[cH-]c2ccccc2c1Cl.[Sc]. The Hall–Kier alpha value is 0.280. The van der Waals surface area contributed by atoms with Crippen LogP contribution in [-0.4, -0.2) is 0 Å². The van der Waals surface area contributed by atoms with Gasteiger partial charge in [-0.05, 0) is 10.0 Å². The van der Waals surface area contributed by atoms with E-state index in [2.05, 4.69) is 0 Å². The molecule has 3 heteroatoms. The molecule has 0 aliphatic carbocycles. The van der Waals surface area contributed by atoms with Crippen LogP contribution in [0.3, 0.4) is 0 Å². The number of rotatable bonds is 0. The van der Waals surface area contributed by atoms with Gasteiger partial charge in [0.2, 0.25) is 0 Å². The molecule has 12 heavy (non-hydrogen) atoms. The van der Waals surface area contributed by atoms with Gasteiger partial charge in [-0.1, -0.05) is 6.07 Å². The molecule has 2 rings (SSSR count). The minimum absolute atomic E-state index is 0. The molecule has 2 aromatic rings. The fourth-order valence-corrected chi connectivity index (χ4v) is 1.60. The smallest absolute Gasteiger partial charge is 0 e. The number of hydrogen-bond acceptors (Lipinski definition) is 0. The topological polar surface area (TPSA) is 0 Å². The summed E-state index contributed by atoms with van der Waals surface area (Å²) in [6.07, 6.45) is 0. The zero-order valence-corrected chi connectivity index (χ0v) is 9.54. The second-order valence-corrected chi connectivity index (χ2v) is 3.18. The van der Waals surface area contributed by atoms with Crippen LogP contribution in [0.4, 0.5) is 0 Å². The fourth-order valence-electron chi connectivity index (χ4n) is 1.15. The molecule has 0 atom stereocenters. The molecule has 0 fully saturated rings. The molecular formula is C9H5Cl2Sc-. The Morgan fingerprint density at radius 1 is 1.08 bits per heavy atom. The molecule has 0 aromatic heterocycles. The molecule has 0 heterocycles. The second kappa shape index (κ2) is 3.99. The van der Waals surface area contributed by atoms with Crippen LogP contribution >= 0.6 is 23.2 Å². The average Bonchev–Trinajstić information content (AvgIpc) is 2.30. The van der Waals surface area contributed by atoms with Gasteiger partial charge in [0.25, 0.3) is 0 Å². The van der Waals surface area contributed by atoms with Gasteiger partial charge in [0.05, 0.1) is 0 Å². The number of fused-ring (bicyclic) bond motifs is 1. The molecule has 0 saturated heterocycles. The first-order chi connectivity index (χ1) is 5.29. The van der Waals surface area contributed by atoms with Crippen molar-refractivity contribution in [3.63, 3.8) is 0 Å². The third-order valence-corrected chi connectivity index (χ3v) is 2.49. The van der Waals surface area contributed by atoms with E-state index in [1.165, 1.54) is 0 Å². The maximum absolute atomic E-state index is 5.91. The predicted molar refractivity (Wildman–Crippen MR) is 49.6 cm³/mol. The zero-order chi connectivity index (χ0) is 7.84. The van der Waals surface area contributed by atoms with Crippen molar-refractivity contribution < 1.29 is 25.8 Å². The Kier molecular flexibility index (Phi) is 3.45. The molecule has 2 aromatic carbocycles. The average molecular weight is 229 g/mol. The van der Waals surface area contributed by atoms with Crippen molar-refractivity contribution in [3.05, 3.63) is 40.4 Å². The van der Waals surface area contributed by atoms with E-state index in [4.69, 9.17) is 23.2 Å². The van der Waals surface area contributed by atoms with Gasteiger partial charge in [0, 0.05) is 25.8 Å². The van der Waals surface area contributed by atoms with E-state index in [9.17, 15) is 0 Å². The Labute approximate surface area is 99.6 Å². The Morgan fingerprint density at radius 2 is 1.75 bits per heavy atom. The van der Waals surface area contributed by atoms with Crippen LogP contribution in [0.25, 0.3) is 10.8 Å². The van der Waals surface area contributed by atoms with Crippen LogP contribution in [0.2, 0.25) is 10.0 Å². The van der Waals surface area contributed by atoms with Gasteiger partial charge in [-0.15, -0.1) is 46.6 Å². The molecule has 1 radical (unpaired) electrons. The van der Waals surface area contributed by atoms with Crippen LogP contribution in [0, 0.1) is 0 Å². The van der Waals surface area contributed by atoms with Crippen LogP contribution in [0.15, 0.2) is 30.3 Å². The van der Waals surface area contributed by atoms with Crippen LogP contribution in [0.5, 0.6) is 0 Å². The molecule has 0 saturated carbocycles. The first-order valence-electron chi connectivity index (χ1n) is 3.28. The van der Waals surface area contributed by atoms with E-state index >= 15 is 0 Å². The van der Waals surface area contributed by atoms with Crippen molar-refractivity contribution in [2.75, 3.05) is 0 Å². The maximum atomic E-state index is 5.91. The molecule has 0 nitrogen and oxygen atoms in total. The minimum atomic E-state index is 0. The molecule has 0 aliphatic rings. The van der Waals surface area contributed by atoms with Crippen molar-refractivity contribution in [2.24, 2.45) is 0 Å². The third kappa shape index (κ3) is 1.63. The van der Waals surface area contributed by atoms with Crippen LogP contribution in [-0.2, 0) is 25.8 Å². The van der Waals surface area contributed by atoms with Gasteiger partial charge < -0.3 is 0 Å². The normalized spacial score (nSPS) is 9.83. The second-order valence-electron chi connectivity index (χ2n) is 2.39. The molecule has 0 unspecified atom stereocenters. The number of benzene rings is 1. The van der Waals surface area contributed by atoms with Gasteiger partial charge in [0.1, 0.15) is 0 Å². The summed E-state index contributed by atoms with van der Waals surface area (Å²) >= 11 is 11.7. The van der Waals surface area contributed by atoms with E-state index in [-0.39, 0.29) is 25.8 Å². The van der Waals surface area contributed by atoms with Crippen molar-refractivity contribution in [2.45, 2.75) is 0 Å². The van der Waals surface area contributed by atoms with Crippen molar-refractivity contribution in [3.8, 4) is 0 Å². The van der Waals surface area contributed by atoms with E-state index in [1.807, 2.05) is 30.3 Å². The summed E-state index contributed by atoms with van der Waals surface area (Å²) in [6, 6.07) is 9.75. The van der Waals surface area contributed by atoms with Gasteiger partial charge in [-0.2, -0.15) is 11.6 Å². The Balaban J connectivity index is 0.000000720. The van der Waals surface area contributed by atoms with E-state index in [1.54, 1.807) is 0 Å². The number of hydrogen-bond donors (Lipinski definition) is 0. The quantitative estimate of drug-likeness (QED) is 0.601. The Morgan fingerprint density at radius 3 is 2.42 bits per heavy atom. The molecule has 0 N–H and O–H groups in total. The summed E-state index contributed by atoms with van der Waals surface area (Å²) in [5.74, 6) is 0. The predicted octanol–water partition coefficient (Wildman–Crippen LogP) is 3.86. The fraction of sp³-hybridized carbons (Fsp3) is 0. The molecule has 0 amide bonds. The van der Waals surface area contributed by atoms with Crippen molar-refractivity contribution >= 4 is 34.0 Å². The molecule has 0 bridgehead atoms. The number of halogens is 2. The summed E-state index contributed by atoms with van der Waals surface area (Å²) < 4.78 is 0. The van der Waals surface area contributed by atoms with E-state index < -0.39 is 0 Å². The summed E-state index contributed by atoms with van der Waals surface area (Å²) in [5, 5.41) is 3.41.